The van der Waals surface area contributed by atoms with Crippen LogP contribution in [0.1, 0.15) is 25.1 Å². The first kappa shape index (κ1) is 15.5. The van der Waals surface area contributed by atoms with E-state index in [-0.39, 0.29) is 17.5 Å². The molecule has 2 heterocycles. The van der Waals surface area contributed by atoms with E-state index in [1.165, 1.54) is 0 Å². The van der Waals surface area contributed by atoms with Crippen molar-refractivity contribution in [2.45, 2.75) is 25.9 Å². The van der Waals surface area contributed by atoms with Crippen LogP contribution in [0.4, 0.5) is 0 Å². The van der Waals surface area contributed by atoms with Crippen molar-refractivity contribution in [3.63, 3.8) is 0 Å². The summed E-state index contributed by atoms with van der Waals surface area (Å²) in [4.78, 5) is 2.20. The zero-order chi connectivity index (χ0) is 14.6. The molecule has 0 radical (unpaired) electrons. The van der Waals surface area contributed by atoms with E-state index in [4.69, 9.17) is 4.74 Å². The second-order valence-corrected chi connectivity index (χ2v) is 7.65. The van der Waals surface area contributed by atoms with E-state index in [9.17, 15) is 8.42 Å². The van der Waals surface area contributed by atoms with E-state index in [0.717, 1.165) is 25.2 Å². The Labute approximate surface area is 120 Å². The Hall–Kier alpha value is -0.920. The molecule has 0 bridgehead atoms. The van der Waals surface area contributed by atoms with Gasteiger partial charge in [0, 0.05) is 45.3 Å². The summed E-state index contributed by atoms with van der Waals surface area (Å²) in [5, 5.41) is 4.37. The molecule has 0 spiro atoms. The second kappa shape index (κ2) is 6.69. The first-order chi connectivity index (χ1) is 9.55. The Balaban J connectivity index is 2.00. The summed E-state index contributed by atoms with van der Waals surface area (Å²) in [5.74, 6) is 0.445. The molecule has 1 aliphatic rings. The Morgan fingerprint density at radius 1 is 1.50 bits per heavy atom. The number of nitrogens with zero attached hydrogens (tertiary/aromatic N) is 3. The summed E-state index contributed by atoms with van der Waals surface area (Å²) in [6.45, 7) is 4.57. The van der Waals surface area contributed by atoms with Gasteiger partial charge in [-0.3, -0.25) is 9.58 Å². The van der Waals surface area contributed by atoms with Crippen LogP contribution in [0.5, 0.6) is 0 Å². The number of aromatic nitrogens is 2. The highest BCUT2D eigenvalue weighted by Gasteiger charge is 2.25. The number of ether oxygens (including phenoxy) is 1. The molecule has 20 heavy (non-hydrogen) atoms. The van der Waals surface area contributed by atoms with Gasteiger partial charge in [-0.05, 0) is 12.5 Å². The lowest BCUT2D eigenvalue weighted by Crippen LogP contribution is -2.40. The highest BCUT2D eigenvalue weighted by atomic mass is 32.2. The highest BCUT2D eigenvalue weighted by Crippen LogP contribution is 2.22. The summed E-state index contributed by atoms with van der Waals surface area (Å²) in [5.41, 5.74) is 1.14. The van der Waals surface area contributed by atoms with E-state index in [2.05, 4.69) is 10.00 Å². The van der Waals surface area contributed by atoms with Crippen molar-refractivity contribution in [3.8, 4) is 0 Å². The van der Waals surface area contributed by atoms with Gasteiger partial charge in [-0.25, -0.2) is 8.42 Å². The molecule has 1 aromatic rings. The molecule has 0 saturated carbocycles. The van der Waals surface area contributed by atoms with Gasteiger partial charge in [0.05, 0.1) is 17.5 Å². The van der Waals surface area contributed by atoms with Gasteiger partial charge in [0.1, 0.15) is 0 Å². The Kier molecular flexibility index (Phi) is 5.17. The molecule has 1 aromatic heterocycles. The molecule has 0 N–H and O–H groups in total. The van der Waals surface area contributed by atoms with Crippen molar-refractivity contribution in [1.82, 2.24) is 14.7 Å². The van der Waals surface area contributed by atoms with Crippen molar-refractivity contribution >= 4 is 9.84 Å². The lowest BCUT2D eigenvalue weighted by molar-refractivity contribution is 0.132. The maximum absolute atomic E-state index is 11.6. The van der Waals surface area contributed by atoms with Gasteiger partial charge < -0.3 is 4.74 Å². The molecular weight excluding hydrogens is 278 g/mol. The number of fused-ring (bicyclic) bond motifs is 1. The molecular formula is C13H23N3O3S. The summed E-state index contributed by atoms with van der Waals surface area (Å²) in [6.07, 6.45) is 2.70. The number of hydrogen-bond acceptors (Lipinski definition) is 5. The molecule has 0 saturated heterocycles. The summed E-state index contributed by atoms with van der Waals surface area (Å²) < 4.78 is 30.4. The fourth-order valence-electron chi connectivity index (χ4n) is 2.52. The minimum Gasteiger partial charge on any atom is -0.385 e. The Bertz CT molecular complexity index is 527. The first-order valence-electron chi connectivity index (χ1n) is 7.00. The Morgan fingerprint density at radius 3 is 3.00 bits per heavy atom. The molecule has 6 nitrogen and oxygen atoms in total. The number of rotatable bonds is 7. The van der Waals surface area contributed by atoms with Crippen LogP contribution in [-0.2, 0) is 21.1 Å². The predicted molar refractivity (Wildman–Crippen MR) is 77.4 cm³/mol. The highest BCUT2D eigenvalue weighted by molar-refractivity contribution is 7.91. The van der Waals surface area contributed by atoms with Crippen LogP contribution in [-0.4, -0.2) is 61.4 Å². The standard InChI is InChI=1S/C13H23N3O3S/c1-3-20(17,18)9-7-15-10-12-4-6-14-16(12)13(11-15)5-8-19-2/h4,6,13H,3,5,7-11H2,1-2H3/t13-/m1/s1. The van der Waals surface area contributed by atoms with Gasteiger partial charge in [-0.1, -0.05) is 6.92 Å². The SMILES string of the molecule is CCS(=O)(=O)CCN1Cc2ccnn2[C@H](CCOC)C1. The number of hydrogen-bond donors (Lipinski definition) is 0. The van der Waals surface area contributed by atoms with Gasteiger partial charge in [-0.2, -0.15) is 5.10 Å². The van der Waals surface area contributed by atoms with Gasteiger partial charge in [-0.15, -0.1) is 0 Å². The summed E-state index contributed by atoms with van der Waals surface area (Å²) in [6, 6.07) is 2.26. The largest absolute Gasteiger partial charge is 0.385 e. The minimum absolute atomic E-state index is 0.214. The smallest absolute Gasteiger partial charge is 0.151 e. The average molecular weight is 301 g/mol. The zero-order valence-electron chi connectivity index (χ0n) is 12.2. The van der Waals surface area contributed by atoms with Crippen molar-refractivity contribution in [1.29, 1.82) is 0 Å². The van der Waals surface area contributed by atoms with Crippen LogP contribution < -0.4 is 0 Å². The molecule has 0 fully saturated rings. The first-order valence-corrected chi connectivity index (χ1v) is 8.82. The quantitative estimate of drug-likeness (QED) is 0.742. The van der Waals surface area contributed by atoms with Crippen LogP contribution in [0.2, 0.25) is 0 Å². The molecule has 0 amide bonds. The van der Waals surface area contributed by atoms with Crippen LogP contribution in [0.25, 0.3) is 0 Å². The van der Waals surface area contributed by atoms with E-state index in [1.54, 1.807) is 20.2 Å². The predicted octanol–water partition coefficient (Wildman–Crippen LogP) is 0.711. The van der Waals surface area contributed by atoms with Crippen molar-refractivity contribution < 1.29 is 13.2 Å². The van der Waals surface area contributed by atoms with E-state index in [1.807, 2.05) is 10.7 Å². The maximum atomic E-state index is 11.6. The van der Waals surface area contributed by atoms with E-state index in [0.29, 0.717) is 13.2 Å². The summed E-state index contributed by atoms with van der Waals surface area (Å²) in [7, 11) is -1.21. The Morgan fingerprint density at radius 2 is 2.30 bits per heavy atom. The number of methoxy groups -OCH3 is 1. The third kappa shape index (κ3) is 3.80. The monoisotopic (exact) mass is 301 g/mol. The van der Waals surface area contributed by atoms with Crippen molar-refractivity contribution in [2.75, 3.05) is 38.3 Å². The summed E-state index contributed by atoms with van der Waals surface area (Å²) >= 11 is 0. The van der Waals surface area contributed by atoms with E-state index >= 15 is 0 Å². The van der Waals surface area contributed by atoms with Crippen molar-refractivity contribution in [2.24, 2.45) is 0 Å². The molecule has 0 aromatic carbocycles. The third-order valence-electron chi connectivity index (χ3n) is 3.77. The van der Waals surface area contributed by atoms with Crippen LogP contribution in [0.3, 0.4) is 0 Å². The molecule has 0 aliphatic carbocycles. The fraction of sp³-hybridized carbons (Fsp3) is 0.769. The van der Waals surface area contributed by atoms with Crippen LogP contribution in [0, 0.1) is 0 Å². The fourth-order valence-corrected chi connectivity index (χ4v) is 3.34. The van der Waals surface area contributed by atoms with Crippen molar-refractivity contribution in [3.05, 3.63) is 18.0 Å². The van der Waals surface area contributed by atoms with Gasteiger partial charge in [0.15, 0.2) is 9.84 Å². The molecule has 2 rings (SSSR count). The van der Waals surface area contributed by atoms with E-state index < -0.39 is 9.84 Å². The molecule has 7 heteroatoms. The van der Waals surface area contributed by atoms with Gasteiger partial charge >= 0.3 is 0 Å². The van der Waals surface area contributed by atoms with Gasteiger partial charge in [0.2, 0.25) is 0 Å². The second-order valence-electron chi connectivity index (χ2n) is 5.17. The molecule has 1 aliphatic heterocycles. The molecule has 114 valence electrons. The average Bonchev–Trinajstić information content (AvgIpc) is 2.91. The maximum Gasteiger partial charge on any atom is 0.151 e. The molecule has 1 atom stereocenters. The molecule has 0 unspecified atom stereocenters. The minimum atomic E-state index is -2.91. The van der Waals surface area contributed by atoms with Gasteiger partial charge in [0.25, 0.3) is 0 Å². The lowest BCUT2D eigenvalue weighted by atomic mass is 10.1. The van der Waals surface area contributed by atoms with Crippen LogP contribution in [0.15, 0.2) is 12.3 Å². The third-order valence-corrected chi connectivity index (χ3v) is 5.45. The number of sulfone groups is 1. The normalized spacial score (nSPS) is 20.0. The van der Waals surface area contributed by atoms with Crippen LogP contribution >= 0.6 is 0 Å². The lowest BCUT2D eigenvalue weighted by Gasteiger charge is -2.33. The topological polar surface area (TPSA) is 64.4 Å². The zero-order valence-corrected chi connectivity index (χ0v) is 13.0.